The van der Waals surface area contributed by atoms with Crippen LogP contribution in [0.1, 0.15) is 20.3 Å². The molecule has 0 aromatic carbocycles. The molecule has 1 aliphatic heterocycles. The molecule has 0 aromatic heterocycles. The fourth-order valence-electron chi connectivity index (χ4n) is 1.42. The zero-order valence-electron chi connectivity index (χ0n) is 6.15. The molecule has 1 saturated heterocycles. The quantitative estimate of drug-likeness (QED) is 0.536. The molecule has 9 heavy (non-hydrogen) atoms. The Labute approximate surface area is 56.3 Å². The highest BCUT2D eigenvalue weighted by Crippen LogP contribution is 2.21. The van der Waals surface area contributed by atoms with Gasteiger partial charge in [0.2, 0.25) is 0 Å². The van der Waals surface area contributed by atoms with E-state index in [4.69, 9.17) is 5.11 Å². The first-order valence-corrected chi connectivity index (χ1v) is 3.50. The summed E-state index contributed by atoms with van der Waals surface area (Å²) >= 11 is 0. The molecule has 1 heterocycles. The van der Waals surface area contributed by atoms with Crippen molar-refractivity contribution in [2.45, 2.75) is 25.8 Å². The summed E-state index contributed by atoms with van der Waals surface area (Å²) in [6.45, 7) is 5.64. The molecular formula is C7H15NO. The van der Waals surface area contributed by atoms with Crippen LogP contribution in [0.4, 0.5) is 0 Å². The minimum absolute atomic E-state index is 0.257. The van der Waals surface area contributed by atoms with Crippen molar-refractivity contribution in [2.24, 2.45) is 5.92 Å². The first-order valence-electron chi connectivity index (χ1n) is 3.50. The zero-order valence-corrected chi connectivity index (χ0v) is 6.15. The summed E-state index contributed by atoms with van der Waals surface area (Å²) in [7, 11) is 0. The van der Waals surface area contributed by atoms with Crippen molar-refractivity contribution in [3.63, 3.8) is 0 Å². The Balaban J connectivity index is 2.38. The second kappa shape index (κ2) is 2.27. The molecule has 1 aliphatic rings. The Morgan fingerprint density at radius 3 is 2.56 bits per heavy atom. The Morgan fingerprint density at radius 2 is 2.33 bits per heavy atom. The lowest BCUT2D eigenvalue weighted by atomic mass is 9.98. The lowest BCUT2D eigenvalue weighted by Gasteiger charge is -2.16. The van der Waals surface area contributed by atoms with E-state index in [0.29, 0.717) is 12.5 Å². The second-order valence-electron chi connectivity index (χ2n) is 3.52. The maximum Gasteiger partial charge on any atom is 0.0472 e. The van der Waals surface area contributed by atoms with Crippen LogP contribution in [0.3, 0.4) is 0 Å². The summed E-state index contributed by atoms with van der Waals surface area (Å²) < 4.78 is 0. The predicted octanol–water partition coefficient (Wildman–Crippen LogP) is 0.367. The van der Waals surface area contributed by atoms with E-state index in [1.54, 1.807) is 0 Å². The molecule has 0 radical (unpaired) electrons. The van der Waals surface area contributed by atoms with Crippen LogP contribution < -0.4 is 5.32 Å². The topological polar surface area (TPSA) is 32.3 Å². The van der Waals surface area contributed by atoms with Gasteiger partial charge in [0, 0.05) is 18.7 Å². The minimum Gasteiger partial charge on any atom is -0.396 e. The molecule has 1 unspecified atom stereocenters. The summed E-state index contributed by atoms with van der Waals surface area (Å²) in [6.07, 6.45) is 1.10. The number of rotatable bonds is 1. The third-order valence-corrected chi connectivity index (χ3v) is 1.93. The maximum atomic E-state index is 8.76. The molecule has 0 amide bonds. The lowest BCUT2D eigenvalue weighted by Crippen LogP contribution is -2.31. The smallest absolute Gasteiger partial charge is 0.0472 e. The summed E-state index contributed by atoms with van der Waals surface area (Å²) in [5.74, 6) is 0.486. The molecular weight excluding hydrogens is 114 g/mol. The standard InChI is InChI=1S/C7H15NO/c1-7(2)3-6(5-9)4-8-7/h6,8-9H,3-5H2,1-2H3. The van der Waals surface area contributed by atoms with Crippen molar-refractivity contribution < 1.29 is 5.11 Å². The number of aliphatic hydroxyl groups is 1. The van der Waals surface area contributed by atoms with Crippen LogP contribution in [-0.2, 0) is 0 Å². The van der Waals surface area contributed by atoms with Gasteiger partial charge in [0.1, 0.15) is 0 Å². The molecule has 2 heteroatoms. The van der Waals surface area contributed by atoms with E-state index >= 15 is 0 Å². The number of aliphatic hydroxyl groups excluding tert-OH is 1. The number of hydrogen-bond acceptors (Lipinski definition) is 2. The first-order chi connectivity index (χ1) is 4.14. The van der Waals surface area contributed by atoms with Gasteiger partial charge in [-0.3, -0.25) is 0 Å². The summed E-state index contributed by atoms with van der Waals surface area (Å²) in [5.41, 5.74) is 0.257. The van der Waals surface area contributed by atoms with Gasteiger partial charge in [-0.15, -0.1) is 0 Å². The minimum atomic E-state index is 0.257. The zero-order chi connectivity index (χ0) is 6.91. The Kier molecular flexibility index (Phi) is 1.78. The van der Waals surface area contributed by atoms with Crippen molar-refractivity contribution >= 4 is 0 Å². The summed E-state index contributed by atoms with van der Waals surface area (Å²) in [6, 6.07) is 0. The first kappa shape index (κ1) is 7.03. The van der Waals surface area contributed by atoms with Crippen molar-refractivity contribution in [3.8, 4) is 0 Å². The average Bonchev–Trinajstić information content (AvgIpc) is 2.10. The van der Waals surface area contributed by atoms with Gasteiger partial charge in [-0.05, 0) is 26.2 Å². The largest absolute Gasteiger partial charge is 0.396 e. The lowest BCUT2D eigenvalue weighted by molar-refractivity contribution is 0.232. The average molecular weight is 129 g/mol. The molecule has 0 bridgehead atoms. The van der Waals surface area contributed by atoms with Gasteiger partial charge in [-0.2, -0.15) is 0 Å². The molecule has 54 valence electrons. The SMILES string of the molecule is CC1(C)CC(CO)CN1. The van der Waals surface area contributed by atoms with E-state index in [1.165, 1.54) is 0 Å². The van der Waals surface area contributed by atoms with Crippen LogP contribution in [0.15, 0.2) is 0 Å². The van der Waals surface area contributed by atoms with Crippen LogP contribution in [0.2, 0.25) is 0 Å². The van der Waals surface area contributed by atoms with Crippen LogP contribution in [0, 0.1) is 5.92 Å². The normalized spacial score (nSPS) is 33.0. The molecule has 0 aliphatic carbocycles. The molecule has 0 aromatic rings. The van der Waals surface area contributed by atoms with Crippen LogP contribution in [-0.4, -0.2) is 23.8 Å². The van der Waals surface area contributed by atoms with Crippen molar-refractivity contribution in [1.29, 1.82) is 0 Å². The highest BCUT2D eigenvalue weighted by Gasteiger charge is 2.29. The fourth-order valence-corrected chi connectivity index (χ4v) is 1.42. The van der Waals surface area contributed by atoms with Crippen LogP contribution in [0.5, 0.6) is 0 Å². The van der Waals surface area contributed by atoms with Crippen molar-refractivity contribution in [3.05, 3.63) is 0 Å². The third-order valence-electron chi connectivity index (χ3n) is 1.93. The molecule has 1 fully saturated rings. The Hall–Kier alpha value is -0.0800. The van der Waals surface area contributed by atoms with E-state index in [2.05, 4.69) is 19.2 Å². The van der Waals surface area contributed by atoms with Crippen molar-refractivity contribution in [1.82, 2.24) is 5.32 Å². The van der Waals surface area contributed by atoms with Gasteiger partial charge in [0.05, 0.1) is 0 Å². The molecule has 0 saturated carbocycles. The predicted molar refractivity (Wildman–Crippen MR) is 37.3 cm³/mol. The van der Waals surface area contributed by atoms with Gasteiger partial charge < -0.3 is 10.4 Å². The maximum absolute atomic E-state index is 8.76. The van der Waals surface area contributed by atoms with Crippen molar-refractivity contribution in [2.75, 3.05) is 13.2 Å². The highest BCUT2D eigenvalue weighted by atomic mass is 16.3. The van der Waals surface area contributed by atoms with Gasteiger partial charge in [0.15, 0.2) is 0 Å². The van der Waals surface area contributed by atoms with E-state index < -0.39 is 0 Å². The van der Waals surface area contributed by atoms with Crippen LogP contribution >= 0.6 is 0 Å². The third kappa shape index (κ3) is 1.66. The van der Waals surface area contributed by atoms with Gasteiger partial charge in [0.25, 0.3) is 0 Å². The summed E-state index contributed by atoms with van der Waals surface area (Å²) in [4.78, 5) is 0. The monoisotopic (exact) mass is 129 g/mol. The van der Waals surface area contributed by atoms with E-state index in [-0.39, 0.29) is 5.54 Å². The van der Waals surface area contributed by atoms with Crippen LogP contribution in [0.25, 0.3) is 0 Å². The molecule has 2 nitrogen and oxygen atoms in total. The van der Waals surface area contributed by atoms with Gasteiger partial charge >= 0.3 is 0 Å². The molecule has 0 spiro atoms. The van der Waals surface area contributed by atoms with E-state index in [0.717, 1.165) is 13.0 Å². The summed E-state index contributed by atoms with van der Waals surface area (Å²) in [5, 5.41) is 12.1. The Bertz CT molecular complexity index is 101. The number of hydrogen-bond donors (Lipinski definition) is 2. The highest BCUT2D eigenvalue weighted by molar-refractivity contribution is 4.88. The van der Waals surface area contributed by atoms with E-state index in [9.17, 15) is 0 Å². The van der Waals surface area contributed by atoms with Gasteiger partial charge in [-0.1, -0.05) is 0 Å². The fraction of sp³-hybridized carbons (Fsp3) is 1.00. The van der Waals surface area contributed by atoms with E-state index in [1.807, 2.05) is 0 Å². The number of nitrogens with one attached hydrogen (secondary N) is 1. The second-order valence-corrected chi connectivity index (χ2v) is 3.52. The van der Waals surface area contributed by atoms with Gasteiger partial charge in [-0.25, -0.2) is 0 Å². The Morgan fingerprint density at radius 1 is 1.67 bits per heavy atom. The molecule has 1 rings (SSSR count). The molecule has 2 N–H and O–H groups in total. The molecule has 1 atom stereocenters.